The Bertz CT molecular complexity index is 1420. The minimum Gasteiger partial charge on any atom is -0.408 e. The molecule has 30 heavy (non-hydrogen) atoms. The molecule has 0 aliphatic rings. The van der Waals surface area contributed by atoms with Gasteiger partial charge in [0.2, 0.25) is 5.95 Å². The zero-order valence-electron chi connectivity index (χ0n) is 16.5. The number of fused-ring (bicyclic) bond motifs is 1. The van der Waals surface area contributed by atoms with Crippen LogP contribution in [0.4, 0.5) is 23.1 Å². The molecule has 2 aromatic heterocycles. The average molecular weight is 425 g/mol. The van der Waals surface area contributed by atoms with Gasteiger partial charge < -0.3 is 15.1 Å². The molecule has 3 N–H and O–H groups in total. The van der Waals surface area contributed by atoms with E-state index in [0.717, 1.165) is 5.56 Å². The highest BCUT2D eigenvalue weighted by Gasteiger charge is 2.13. The molecule has 4 aromatic rings. The maximum absolute atomic E-state index is 12.0. The number of aromatic amines is 1. The van der Waals surface area contributed by atoms with E-state index in [-0.39, 0.29) is 4.90 Å². The lowest BCUT2D eigenvalue weighted by Crippen LogP contribution is -2.04. The van der Waals surface area contributed by atoms with E-state index in [1.54, 1.807) is 49.5 Å². The van der Waals surface area contributed by atoms with Crippen molar-refractivity contribution >= 4 is 44.1 Å². The summed E-state index contributed by atoms with van der Waals surface area (Å²) in [7, 11) is -3.35. The van der Waals surface area contributed by atoms with E-state index in [1.807, 2.05) is 6.92 Å². The van der Waals surface area contributed by atoms with Gasteiger partial charge in [-0.3, -0.25) is 4.98 Å². The maximum atomic E-state index is 12.0. The Morgan fingerprint density at radius 1 is 1.00 bits per heavy atom. The first-order valence-electron chi connectivity index (χ1n) is 9.00. The van der Waals surface area contributed by atoms with Gasteiger partial charge in [-0.2, -0.15) is 4.98 Å². The molecule has 0 radical (unpaired) electrons. The molecule has 0 saturated heterocycles. The quantitative estimate of drug-likeness (QED) is 0.443. The first-order valence-corrected chi connectivity index (χ1v) is 10.9. The Morgan fingerprint density at radius 3 is 2.50 bits per heavy atom. The zero-order chi connectivity index (χ0) is 21.5. The Hall–Kier alpha value is -3.66. The maximum Gasteiger partial charge on any atom is 0.417 e. The van der Waals surface area contributed by atoms with Gasteiger partial charge in [0.15, 0.2) is 15.4 Å². The summed E-state index contributed by atoms with van der Waals surface area (Å²) in [5.74, 6) is 0.357. The highest BCUT2D eigenvalue weighted by molar-refractivity contribution is 7.90. The number of nitrogens with one attached hydrogen (secondary N) is 3. The summed E-state index contributed by atoms with van der Waals surface area (Å²) < 4.78 is 28.9. The van der Waals surface area contributed by atoms with Crippen LogP contribution in [0.25, 0.3) is 11.1 Å². The monoisotopic (exact) mass is 425 g/mol. The van der Waals surface area contributed by atoms with Crippen LogP contribution in [0.5, 0.6) is 0 Å². The van der Waals surface area contributed by atoms with Gasteiger partial charge >= 0.3 is 5.76 Å². The first kappa shape index (κ1) is 19.6. The van der Waals surface area contributed by atoms with Crippen molar-refractivity contribution in [2.45, 2.75) is 18.7 Å². The summed E-state index contributed by atoms with van der Waals surface area (Å²) in [6.07, 6.45) is 2.83. The van der Waals surface area contributed by atoms with Crippen molar-refractivity contribution in [1.29, 1.82) is 0 Å². The van der Waals surface area contributed by atoms with Gasteiger partial charge in [-0.25, -0.2) is 18.2 Å². The summed E-state index contributed by atoms with van der Waals surface area (Å²) in [6.45, 7) is 3.60. The number of nitrogens with zero attached hydrogens (tertiary/aromatic N) is 2. The number of oxazole rings is 1. The van der Waals surface area contributed by atoms with E-state index in [4.69, 9.17) is 4.42 Å². The van der Waals surface area contributed by atoms with Crippen LogP contribution in [-0.4, -0.2) is 29.6 Å². The van der Waals surface area contributed by atoms with E-state index in [0.29, 0.717) is 39.8 Å². The topological polar surface area (TPSA) is 130 Å². The summed E-state index contributed by atoms with van der Waals surface area (Å²) in [4.78, 5) is 22.9. The van der Waals surface area contributed by atoms with Crippen molar-refractivity contribution < 1.29 is 12.8 Å². The largest absolute Gasteiger partial charge is 0.417 e. The van der Waals surface area contributed by atoms with Crippen molar-refractivity contribution in [3.63, 3.8) is 0 Å². The molecular formula is C20H19N5O4S. The lowest BCUT2D eigenvalue weighted by molar-refractivity contribution is 0.555. The SMILES string of the molecule is Cc1ccc(Nc2ncc(C)c(Nc3ccc4oc(=O)[nH]c4c3)n2)cc1S(C)(=O)=O. The summed E-state index contributed by atoms with van der Waals surface area (Å²) in [5.41, 5.74) is 3.79. The van der Waals surface area contributed by atoms with Gasteiger partial charge in [0.1, 0.15) is 5.82 Å². The predicted octanol–water partition coefficient (Wildman–Crippen LogP) is 3.42. The summed E-state index contributed by atoms with van der Waals surface area (Å²) in [5, 5.41) is 6.23. The van der Waals surface area contributed by atoms with Crippen molar-refractivity contribution in [1.82, 2.24) is 15.0 Å². The molecule has 2 aromatic carbocycles. The smallest absolute Gasteiger partial charge is 0.408 e. The van der Waals surface area contributed by atoms with Gasteiger partial charge in [-0.1, -0.05) is 6.07 Å². The third kappa shape index (κ3) is 4.03. The number of H-pyrrole nitrogens is 1. The lowest BCUT2D eigenvalue weighted by Gasteiger charge is -2.12. The molecule has 0 aliphatic carbocycles. The van der Waals surface area contributed by atoms with Crippen molar-refractivity contribution in [2.75, 3.05) is 16.9 Å². The number of anilines is 4. The molecular weight excluding hydrogens is 406 g/mol. The molecule has 0 saturated carbocycles. The lowest BCUT2D eigenvalue weighted by atomic mass is 10.2. The van der Waals surface area contributed by atoms with Crippen molar-refractivity contribution in [3.8, 4) is 0 Å². The van der Waals surface area contributed by atoms with E-state index in [2.05, 4.69) is 25.6 Å². The molecule has 0 unspecified atom stereocenters. The molecule has 0 fully saturated rings. The number of benzene rings is 2. The fraction of sp³-hybridized carbons (Fsp3) is 0.150. The molecule has 0 bridgehead atoms. The molecule has 0 spiro atoms. The Balaban J connectivity index is 1.62. The first-order chi connectivity index (χ1) is 14.2. The second-order valence-corrected chi connectivity index (χ2v) is 8.94. The van der Waals surface area contributed by atoms with Crippen LogP contribution in [-0.2, 0) is 9.84 Å². The summed E-state index contributed by atoms with van der Waals surface area (Å²) in [6, 6.07) is 10.3. The van der Waals surface area contributed by atoms with Crippen molar-refractivity contribution in [2.24, 2.45) is 0 Å². The fourth-order valence-corrected chi connectivity index (χ4v) is 4.00. The van der Waals surface area contributed by atoms with Gasteiger partial charge in [-0.15, -0.1) is 0 Å². The van der Waals surface area contributed by atoms with Crippen LogP contribution in [0, 0.1) is 13.8 Å². The molecule has 9 nitrogen and oxygen atoms in total. The van der Waals surface area contributed by atoms with E-state index < -0.39 is 15.6 Å². The minimum absolute atomic E-state index is 0.250. The van der Waals surface area contributed by atoms with Crippen LogP contribution in [0.2, 0.25) is 0 Å². The number of aromatic nitrogens is 3. The van der Waals surface area contributed by atoms with Gasteiger partial charge in [0.05, 0.1) is 10.4 Å². The minimum atomic E-state index is -3.35. The number of sulfone groups is 1. The Morgan fingerprint density at radius 2 is 1.73 bits per heavy atom. The van der Waals surface area contributed by atoms with Gasteiger partial charge in [-0.05, 0) is 49.7 Å². The van der Waals surface area contributed by atoms with Gasteiger partial charge in [0.25, 0.3) is 0 Å². The third-order valence-electron chi connectivity index (χ3n) is 4.50. The average Bonchev–Trinajstić information content (AvgIpc) is 3.04. The Labute approximate surface area is 172 Å². The predicted molar refractivity (Wildman–Crippen MR) is 114 cm³/mol. The fourth-order valence-electron chi connectivity index (χ4n) is 3.00. The van der Waals surface area contributed by atoms with E-state index >= 15 is 0 Å². The molecule has 0 aliphatic heterocycles. The molecule has 0 atom stereocenters. The van der Waals surface area contributed by atoms with E-state index in [1.165, 1.54) is 6.26 Å². The Kier molecular flexibility index (Phi) is 4.78. The number of hydrogen-bond donors (Lipinski definition) is 3. The molecule has 154 valence electrons. The standard InChI is InChI=1S/C20H19N5O4S/c1-11-4-5-14(9-17(11)30(3,27)28)23-19-21-10-12(2)18(25-19)22-13-6-7-16-15(8-13)24-20(26)29-16/h4-10H,1-3H3,(H,24,26)(H2,21,22,23,25). The molecule has 0 amide bonds. The van der Waals surface area contributed by atoms with Crippen LogP contribution < -0.4 is 16.4 Å². The van der Waals surface area contributed by atoms with Crippen LogP contribution in [0.15, 0.2) is 56.7 Å². The summed E-state index contributed by atoms with van der Waals surface area (Å²) >= 11 is 0. The number of rotatable bonds is 5. The second kappa shape index (κ2) is 7.30. The third-order valence-corrected chi connectivity index (χ3v) is 5.74. The van der Waals surface area contributed by atoms with Gasteiger partial charge in [0, 0.05) is 29.4 Å². The highest BCUT2D eigenvalue weighted by Crippen LogP contribution is 2.25. The second-order valence-electron chi connectivity index (χ2n) is 6.95. The number of hydrogen-bond acceptors (Lipinski definition) is 8. The van der Waals surface area contributed by atoms with E-state index in [9.17, 15) is 13.2 Å². The molecule has 4 rings (SSSR count). The molecule has 10 heteroatoms. The van der Waals surface area contributed by atoms with Crippen LogP contribution in [0.1, 0.15) is 11.1 Å². The zero-order valence-corrected chi connectivity index (χ0v) is 17.3. The van der Waals surface area contributed by atoms with Crippen LogP contribution >= 0.6 is 0 Å². The number of aryl methyl sites for hydroxylation is 2. The highest BCUT2D eigenvalue weighted by atomic mass is 32.2. The normalized spacial score (nSPS) is 11.6. The molecule has 2 heterocycles. The van der Waals surface area contributed by atoms with Crippen LogP contribution in [0.3, 0.4) is 0 Å². The van der Waals surface area contributed by atoms with Crippen molar-refractivity contribution in [3.05, 3.63) is 64.3 Å².